The van der Waals surface area contributed by atoms with Crippen LogP contribution in [-0.2, 0) is 11.3 Å². The van der Waals surface area contributed by atoms with E-state index in [4.69, 9.17) is 9.47 Å². The van der Waals surface area contributed by atoms with Crippen molar-refractivity contribution in [2.45, 2.75) is 46.2 Å². The number of aliphatic imine (C=N–C) groups is 1. The molecule has 3 rings (SSSR count). The Morgan fingerprint density at radius 2 is 1.79 bits per heavy atom. The van der Waals surface area contributed by atoms with Crippen LogP contribution in [0.15, 0.2) is 47.5 Å². The Kier molecular flexibility index (Phi) is 10.8. The van der Waals surface area contributed by atoms with Crippen LogP contribution in [-0.4, -0.2) is 38.7 Å². The number of halogens is 1. The number of hydrogen-bond donors (Lipinski definition) is 2. The molecule has 0 bridgehead atoms. The highest BCUT2D eigenvalue weighted by Gasteiger charge is 2.21. The summed E-state index contributed by atoms with van der Waals surface area (Å²) in [6.07, 6.45) is 1.58. The highest BCUT2D eigenvalue weighted by atomic mass is 127. The number of hydrogen-bond acceptors (Lipinski definition) is 4. The lowest BCUT2D eigenvalue weighted by Gasteiger charge is -2.20. The highest BCUT2D eigenvalue weighted by molar-refractivity contribution is 14.0. The molecule has 2 N–H and O–H groups in total. The summed E-state index contributed by atoms with van der Waals surface area (Å²) in [6, 6.07) is 14.1. The molecule has 1 saturated heterocycles. The molecule has 33 heavy (non-hydrogen) atoms. The molecule has 1 aliphatic heterocycles. The molecule has 0 spiro atoms. The number of rotatable bonds is 9. The normalized spacial score (nSPS) is 14.5. The van der Waals surface area contributed by atoms with Gasteiger partial charge in [0.2, 0.25) is 5.91 Å². The molecule has 0 radical (unpaired) electrons. The van der Waals surface area contributed by atoms with Crippen LogP contribution < -0.4 is 25.0 Å². The van der Waals surface area contributed by atoms with Gasteiger partial charge in [0.15, 0.2) is 17.5 Å². The van der Waals surface area contributed by atoms with Gasteiger partial charge in [-0.05, 0) is 62.6 Å². The first kappa shape index (κ1) is 26.8. The van der Waals surface area contributed by atoms with Crippen molar-refractivity contribution in [3.8, 4) is 11.5 Å². The molecule has 2 aromatic rings. The third-order valence-electron chi connectivity index (χ3n) is 5.43. The Balaban J connectivity index is 0.00000385. The molecule has 0 aromatic heterocycles. The van der Waals surface area contributed by atoms with E-state index in [1.54, 1.807) is 7.05 Å². The molecule has 180 valence electrons. The Hall–Kier alpha value is -2.49. The van der Waals surface area contributed by atoms with Gasteiger partial charge in [-0.15, -0.1) is 24.0 Å². The van der Waals surface area contributed by atoms with Gasteiger partial charge in [-0.3, -0.25) is 9.79 Å². The number of carbonyl (C=O) groups is 1. The first-order chi connectivity index (χ1) is 15.5. The number of amides is 1. The molecule has 7 nitrogen and oxygen atoms in total. The second kappa shape index (κ2) is 13.3. The first-order valence-corrected chi connectivity index (χ1v) is 11.3. The number of benzene rings is 2. The molecule has 1 aliphatic rings. The first-order valence-electron chi connectivity index (χ1n) is 11.3. The average molecular weight is 566 g/mol. The van der Waals surface area contributed by atoms with Gasteiger partial charge in [0.1, 0.15) is 0 Å². The fourth-order valence-corrected chi connectivity index (χ4v) is 3.72. The Bertz CT molecular complexity index is 934. The van der Waals surface area contributed by atoms with Gasteiger partial charge in [0.25, 0.3) is 0 Å². The topological polar surface area (TPSA) is 75.2 Å². The van der Waals surface area contributed by atoms with Gasteiger partial charge in [-0.25, -0.2) is 0 Å². The summed E-state index contributed by atoms with van der Waals surface area (Å²) in [4.78, 5) is 18.1. The third-order valence-corrected chi connectivity index (χ3v) is 5.43. The van der Waals surface area contributed by atoms with E-state index < -0.39 is 0 Å². The minimum atomic E-state index is 0. The zero-order valence-corrected chi connectivity index (χ0v) is 22.2. The Labute approximate surface area is 214 Å². The van der Waals surface area contributed by atoms with Gasteiger partial charge in [0, 0.05) is 32.2 Å². The number of guanidine groups is 1. The van der Waals surface area contributed by atoms with Gasteiger partial charge in [0.05, 0.1) is 19.3 Å². The van der Waals surface area contributed by atoms with Crippen LogP contribution in [0.5, 0.6) is 11.5 Å². The molecule has 1 heterocycles. The van der Waals surface area contributed by atoms with E-state index in [2.05, 4.69) is 22.5 Å². The molecule has 1 atom stereocenters. The molecule has 1 unspecified atom stereocenters. The number of anilines is 1. The highest BCUT2D eigenvalue weighted by Crippen LogP contribution is 2.30. The SMILES string of the molecule is CCOc1ccc(C(C)NC(=NC)NCc2ccc(N3CCCC3=O)cc2)cc1OCC.I. The summed E-state index contributed by atoms with van der Waals surface area (Å²) >= 11 is 0. The fourth-order valence-electron chi connectivity index (χ4n) is 3.72. The van der Waals surface area contributed by atoms with Crippen molar-refractivity contribution in [1.29, 1.82) is 0 Å². The van der Waals surface area contributed by atoms with Crippen molar-refractivity contribution < 1.29 is 14.3 Å². The second-order valence-electron chi connectivity index (χ2n) is 7.68. The monoisotopic (exact) mass is 566 g/mol. The largest absolute Gasteiger partial charge is 0.490 e. The van der Waals surface area contributed by atoms with Crippen LogP contribution in [0.2, 0.25) is 0 Å². The smallest absolute Gasteiger partial charge is 0.227 e. The maximum Gasteiger partial charge on any atom is 0.227 e. The molecule has 8 heteroatoms. The van der Waals surface area contributed by atoms with Crippen LogP contribution in [0.3, 0.4) is 0 Å². The molecular formula is C25H35IN4O3. The molecule has 2 aromatic carbocycles. The quantitative estimate of drug-likeness (QED) is 0.263. The summed E-state index contributed by atoms with van der Waals surface area (Å²) in [5, 5.41) is 6.78. The summed E-state index contributed by atoms with van der Waals surface area (Å²) < 4.78 is 11.4. The van der Waals surface area contributed by atoms with Crippen LogP contribution in [0.25, 0.3) is 0 Å². The van der Waals surface area contributed by atoms with Crippen molar-refractivity contribution in [3.05, 3.63) is 53.6 Å². The maximum atomic E-state index is 11.9. The zero-order valence-electron chi connectivity index (χ0n) is 19.9. The van der Waals surface area contributed by atoms with Crippen LogP contribution in [0, 0.1) is 0 Å². The summed E-state index contributed by atoms with van der Waals surface area (Å²) in [5.41, 5.74) is 3.17. The minimum absolute atomic E-state index is 0. The summed E-state index contributed by atoms with van der Waals surface area (Å²) in [5.74, 6) is 2.42. The number of carbonyl (C=O) groups excluding carboxylic acids is 1. The lowest BCUT2D eigenvalue weighted by molar-refractivity contribution is -0.117. The Morgan fingerprint density at radius 1 is 1.09 bits per heavy atom. The van der Waals surface area contributed by atoms with Gasteiger partial charge >= 0.3 is 0 Å². The van der Waals surface area contributed by atoms with E-state index in [1.807, 2.05) is 61.2 Å². The maximum absolute atomic E-state index is 11.9. The predicted octanol–water partition coefficient (Wildman–Crippen LogP) is 4.66. The lowest BCUT2D eigenvalue weighted by Crippen LogP contribution is -2.38. The van der Waals surface area contributed by atoms with E-state index in [1.165, 1.54) is 0 Å². The van der Waals surface area contributed by atoms with E-state index in [0.29, 0.717) is 32.1 Å². The average Bonchev–Trinajstić information content (AvgIpc) is 3.24. The van der Waals surface area contributed by atoms with Crippen molar-refractivity contribution in [3.63, 3.8) is 0 Å². The van der Waals surface area contributed by atoms with Crippen LogP contribution in [0.4, 0.5) is 5.69 Å². The van der Waals surface area contributed by atoms with E-state index in [-0.39, 0.29) is 35.9 Å². The van der Waals surface area contributed by atoms with Crippen molar-refractivity contribution in [2.75, 3.05) is 31.7 Å². The van der Waals surface area contributed by atoms with E-state index >= 15 is 0 Å². The minimum Gasteiger partial charge on any atom is -0.490 e. The van der Waals surface area contributed by atoms with Gasteiger partial charge < -0.3 is 25.0 Å². The van der Waals surface area contributed by atoms with E-state index in [0.717, 1.165) is 41.3 Å². The third kappa shape index (κ3) is 7.25. The zero-order chi connectivity index (χ0) is 22.9. The standard InChI is InChI=1S/C25H34N4O3.HI/c1-5-31-22-14-11-20(16-23(22)32-6-2)18(3)28-25(26-4)27-17-19-9-12-21(13-10-19)29-15-7-8-24(29)30;/h9-14,16,18H,5-8,15,17H2,1-4H3,(H2,26,27,28);1H. The van der Waals surface area contributed by atoms with Crippen molar-refractivity contribution >= 4 is 41.5 Å². The van der Waals surface area contributed by atoms with Crippen molar-refractivity contribution in [1.82, 2.24) is 10.6 Å². The van der Waals surface area contributed by atoms with Crippen LogP contribution >= 0.6 is 24.0 Å². The summed E-state index contributed by atoms with van der Waals surface area (Å²) in [7, 11) is 1.76. The molecule has 1 fully saturated rings. The lowest BCUT2D eigenvalue weighted by atomic mass is 10.1. The van der Waals surface area contributed by atoms with Gasteiger partial charge in [-0.2, -0.15) is 0 Å². The second-order valence-corrected chi connectivity index (χ2v) is 7.68. The number of nitrogens with one attached hydrogen (secondary N) is 2. The van der Waals surface area contributed by atoms with Crippen molar-refractivity contribution in [2.24, 2.45) is 4.99 Å². The van der Waals surface area contributed by atoms with Gasteiger partial charge in [-0.1, -0.05) is 18.2 Å². The predicted molar refractivity (Wildman–Crippen MR) is 144 cm³/mol. The van der Waals surface area contributed by atoms with E-state index in [9.17, 15) is 4.79 Å². The molecule has 0 aliphatic carbocycles. The van der Waals surface area contributed by atoms with Crippen LogP contribution in [0.1, 0.15) is 50.8 Å². The molecule has 1 amide bonds. The number of nitrogens with zero attached hydrogens (tertiary/aromatic N) is 2. The molecule has 0 saturated carbocycles. The Morgan fingerprint density at radius 3 is 2.39 bits per heavy atom. The molecular weight excluding hydrogens is 531 g/mol. The number of ether oxygens (including phenoxy) is 2. The summed E-state index contributed by atoms with van der Waals surface area (Å²) in [6.45, 7) is 8.63. The fraction of sp³-hybridized carbons (Fsp3) is 0.440.